The van der Waals surface area contributed by atoms with Crippen LogP contribution in [0.1, 0.15) is 12.5 Å². The molecule has 2 aromatic rings. The number of likely N-dealkylation sites (N-methyl/N-ethyl adjacent to an activating group) is 1. The number of hydrogen-bond donors (Lipinski definition) is 2. The third kappa shape index (κ3) is 6.46. The lowest BCUT2D eigenvalue weighted by Gasteiger charge is -2.18. The smallest absolute Gasteiger partial charge is 0.241 e. The zero-order valence-corrected chi connectivity index (χ0v) is 17.3. The Kier molecular flexibility index (Phi) is 7.11. The van der Waals surface area contributed by atoms with E-state index in [-0.39, 0.29) is 23.3 Å². The average molecular weight is 454 g/mol. The molecule has 0 fully saturated rings. The second-order valence-electron chi connectivity index (χ2n) is 5.91. The van der Waals surface area contributed by atoms with Crippen molar-refractivity contribution in [2.45, 2.75) is 18.4 Å². The topological polar surface area (TPSA) is 95.6 Å². The second-order valence-corrected chi connectivity index (χ2v) is 8.59. The van der Waals surface area contributed by atoms with Crippen LogP contribution in [0.3, 0.4) is 0 Å². The van der Waals surface area contributed by atoms with E-state index in [0.717, 1.165) is 10.0 Å². The van der Waals surface area contributed by atoms with Gasteiger partial charge in [-0.25, -0.2) is 13.1 Å². The molecular formula is C18H20BrN3O4S. The van der Waals surface area contributed by atoms with Gasteiger partial charge < -0.3 is 10.2 Å². The molecule has 9 heteroatoms. The molecule has 2 rings (SSSR count). The summed E-state index contributed by atoms with van der Waals surface area (Å²) in [5.41, 5.74) is 1.43. The fraction of sp³-hybridized carbons (Fsp3) is 0.222. The van der Waals surface area contributed by atoms with Crippen molar-refractivity contribution in [3.05, 3.63) is 58.6 Å². The van der Waals surface area contributed by atoms with E-state index in [1.807, 2.05) is 24.3 Å². The van der Waals surface area contributed by atoms with E-state index >= 15 is 0 Å². The van der Waals surface area contributed by atoms with E-state index in [1.54, 1.807) is 7.05 Å². The maximum Gasteiger partial charge on any atom is 0.241 e. The Bertz CT molecular complexity index is 913. The van der Waals surface area contributed by atoms with Gasteiger partial charge in [0.1, 0.15) is 0 Å². The third-order valence-electron chi connectivity index (χ3n) is 3.66. The van der Waals surface area contributed by atoms with Gasteiger partial charge in [-0.2, -0.15) is 0 Å². The molecule has 0 saturated heterocycles. The third-order valence-corrected chi connectivity index (χ3v) is 5.60. The van der Waals surface area contributed by atoms with Crippen LogP contribution in [0.2, 0.25) is 0 Å². The van der Waals surface area contributed by atoms with E-state index < -0.39 is 10.0 Å². The van der Waals surface area contributed by atoms with Crippen molar-refractivity contribution in [2.24, 2.45) is 0 Å². The van der Waals surface area contributed by atoms with Crippen LogP contribution in [-0.4, -0.2) is 38.7 Å². The molecule has 2 N–H and O–H groups in total. The fourth-order valence-electron chi connectivity index (χ4n) is 2.25. The number of benzene rings is 2. The van der Waals surface area contributed by atoms with Gasteiger partial charge in [0.25, 0.3) is 0 Å². The van der Waals surface area contributed by atoms with E-state index in [2.05, 4.69) is 26.0 Å². The van der Waals surface area contributed by atoms with Crippen LogP contribution in [-0.2, 0) is 26.2 Å². The predicted molar refractivity (Wildman–Crippen MR) is 107 cm³/mol. The number of nitrogens with zero attached hydrogens (tertiary/aromatic N) is 1. The summed E-state index contributed by atoms with van der Waals surface area (Å²) >= 11 is 3.35. The Morgan fingerprint density at radius 3 is 2.19 bits per heavy atom. The largest absolute Gasteiger partial charge is 0.340 e. The Hall–Kier alpha value is -2.23. The monoisotopic (exact) mass is 453 g/mol. The van der Waals surface area contributed by atoms with Crippen molar-refractivity contribution in [3.63, 3.8) is 0 Å². The first-order valence-corrected chi connectivity index (χ1v) is 10.3. The number of halogens is 1. The fourth-order valence-corrected chi connectivity index (χ4v) is 3.49. The first-order valence-electron chi connectivity index (χ1n) is 8.03. The summed E-state index contributed by atoms with van der Waals surface area (Å²) in [5.74, 6) is -0.598. The van der Waals surface area contributed by atoms with Crippen molar-refractivity contribution in [1.29, 1.82) is 0 Å². The molecule has 0 spiro atoms. The highest BCUT2D eigenvalue weighted by Gasteiger charge is 2.17. The lowest BCUT2D eigenvalue weighted by atomic mass is 10.2. The molecule has 0 atom stereocenters. The van der Waals surface area contributed by atoms with Gasteiger partial charge in [0.05, 0.1) is 11.4 Å². The van der Waals surface area contributed by atoms with Crippen molar-refractivity contribution in [2.75, 3.05) is 18.9 Å². The van der Waals surface area contributed by atoms with Crippen molar-refractivity contribution >= 4 is 43.5 Å². The minimum Gasteiger partial charge on any atom is -0.340 e. The van der Waals surface area contributed by atoms with Gasteiger partial charge in [-0.05, 0) is 42.0 Å². The number of rotatable bonds is 7. The van der Waals surface area contributed by atoms with Crippen LogP contribution in [0.25, 0.3) is 0 Å². The summed E-state index contributed by atoms with van der Waals surface area (Å²) in [5, 5.41) is 2.56. The molecule has 7 nitrogen and oxygen atoms in total. The Morgan fingerprint density at radius 2 is 1.63 bits per heavy atom. The number of nitrogens with one attached hydrogen (secondary N) is 2. The molecule has 0 heterocycles. The van der Waals surface area contributed by atoms with Gasteiger partial charge in [-0.3, -0.25) is 9.59 Å². The zero-order valence-electron chi connectivity index (χ0n) is 14.9. The van der Waals surface area contributed by atoms with Crippen molar-refractivity contribution in [1.82, 2.24) is 9.62 Å². The number of sulfonamides is 1. The Balaban J connectivity index is 1.94. The van der Waals surface area contributed by atoms with Crippen molar-refractivity contribution < 1.29 is 18.0 Å². The van der Waals surface area contributed by atoms with Crippen LogP contribution in [0.15, 0.2) is 57.9 Å². The van der Waals surface area contributed by atoms with Crippen LogP contribution >= 0.6 is 15.9 Å². The highest BCUT2D eigenvalue weighted by Crippen LogP contribution is 2.14. The predicted octanol–water partition coefficient (Wildman–Crippen LogP) is 2.34. The molecule has 0 aliphatic heterocycles. The number of carbonyl (C=O) groups excluding carboxylic acids is 2. The highest BCUT2D eigenvalue weighted by molar-refractivity contribution is 9.10. The van der Waals surface area contributed by atoms with Gasteiger partial charge in [-0.15, -0.1) is 0 Å². The quantitative estimate of drug-likeness (QED) is 0.672. The minimum absolute atomic E-state index is 0.0139. The maximum atomic E-state index is 12.3. The molecule has 0 radical (unpaired) electrons. The minimum atomic E-state index is -3.83. The molecule has 0 aliphatic carbocycles. The molecular weight excluding hydrogens is 434 g/mol. The van der Waals surface area contributed by atoms with Crippen molar-refractivity contribution in [3.8, 4) is 0 Å². The SMILES string of the molecule is CC(=O)Nc1ccc(S(=O)(=O)NCC(=O)N(C)Cc2ccc(Br)cc2)cc1. The van der Waals surface area contributed by atoms with E-state index in [0.29, 0.717) is 12.2 Å². The molecule has 2 amide bonds. The highest BCUT2D eigenvalue weighted by atomic mass is 79.9. The zero-order chi connectivity index (χ0) is 20.0. The lowest BCUT2D eigenvalue weighted by molar-refractivity contribution is -0.129. The van der Waals surface area contributed by atoms with Gasteiger partial charge in [0, 0.05) is 30.7 Å². The summed E-state index contributed by atoms with van der Waals surface area (Å²) in [6.07, 6.45) is 0. The van der Waals surface area contributed by atoms with E-state index in [9.17, 15) is 18.0 Å². The number of carbonyl (C=O) groups is 2. The number of amides is 2. The summed E-state index contributed by atoms with van der Waals surface area (Å²) in [6.45, 7) is 1.39. The molecule has 0 unspecified atom stereocenters. The molecule has 27 heavy (non-hydrogen) atoms. The first kappa shape index (κ1) is 21.1. The van der Waals surface area contributed by atoms with Gasteiger partial charge in [0.2, 0.25) is 21.8 Å². The van der Waals surface area contributed by atoms with Gasteiger partial charge >= 0.3 is 0 Å². The molecule has 0 saturated carbocycles. The van der Waals surface area contributed by atoms with Gasteiger partial charge in [0.15, 0.2) is 0 Å². The summed E-state index contributed by atoms with van der Waals surface area (Å²) in [7, 11) is -2.22. The van der Waals surface area contributed by atoms with Crippen LogP contribution in [0.5, 0.6) is 0 Å². The Labute approximate surface area is 166 Å². The molecule has 144 valence electrons. The normalized spacial score (nSPS) is 11.1. The summed E-state index contributed by atoms with van der Waals surface area (Å²) in [6, 6.07) is 13.2. The second kappa shape index (κ2) is 9.12. The molecule has 0 aliphatic rings. The van der Waals surface area contributed by atoms with E-state index in [1.165, 1.54) is 36.1 Å². The summed E-state index contributed by atoms with van der Waals surface area (Å²) in [4.78, 5) is 24.7. The lowest BCUT2D eigenvalue weighted by Crippen LogP contribution is -2.37. The standard InChI is InChI=1S/C18H20BrN3O4S/c1-13(23)21-16-7-9-17(10-8-16)27(25,26)20-11-18(24)22(2)12-14-3-5-15(19)6-4-14/h3-10,20H,11-12H2,1-2H3,(H,21,23). The molecule has 0 bridgehead atoms. The van der Waals surface area contributed by atoms with Crippen LogP contribution in [0.4, 0.5) is 5.69 Å². The van der Waals surface area contributed by atoms with E-state index in [4.69, 9.17) is 0 Å². The molecule has 2 aromatic carbocycles. The number of hydrogen-bond acceptors (Lipinski definition) is 4. The summed E-state index contributed by atoms with van der Waals surface area (Å²) < 4.78 is 27.9. The average Bonchev–Trinajstić information content (AvgIpc) is 2.61. The van der Waals surface area contributed by atoms with Crippen LogP contribution < -0.4 is 10.0 Å². The Morgan fingerprint density at radius 1 is 1.04 bits per heavy atom. The van der Waals surface area contributed by atoms with Crippen LogP contribution in [0, 0.1) is 0 Å². The molecule has 0 aromatic heterocycles. The maximum absolute atomic E-state index is 12.3. The number of anilines is 1. The first-order chi connectivity index (χ1) is 12.7. The van der Waals surface area contributed by atoms with Gasteiger partial charge in [-0.1, -0.05) is 28.1 Å².